The number of nitriles is 1. The van der Waals surface area contributed by atoms with Gasteiger partial charge in [0.2, 0.25) is 5.95 Å². The highest BCUT2D eigenvalue weighted by atomic mass is 15.1. The summed E-state index contributed by atoms with van der Waals surface area (Å²) in [4.78, 5) is 9.21. The van der Waals surface area contributed by atoms with Gasteiger partial charge in [0.05, 0.1) is 17.3 Å². The Morgan fingerprint density at radius 2 is 1.77 bits per heavy atom. The Labute approximate surface area is 153 Å². The van der Waals surface area contributed by atoms with Gasteiger partial charge in [0.15, 0.2) is 0 Å². The molecule has 2 N–H and O–H groups in total. The van der Waals surface area contributed by atoms with Gasteiger partial charge in [-0.05, 0) is 30.7 Å². The SMILES string of the molecule is CCCCNc1cc(-c2ccccc2)nc(Nc2ccc(C#N)cc2)n1. The minimum absolute atomic E-state index is 0.523. The molecule has 0 saturated heterocycles. The molecule has 0 spiro atoms. The summed E-state index contributed by atoms with van der Waals surface area (Å²) in [5, 5.41) is 15.5. The summed E-state index contributed by atoms with van der Waals surface area (Å²) in [6.45, 7) is 3.03. The van der Waals surface area contributed by atoms with Crippen LogP contribution in [0, 0.1) is 11.3 Å². The highest BCUT2D eigenvalue weighted by molar-refractivity contribution is 5.66. The third-order valence-electron chi connectivity index (χ3n) is 3.90. The summed E-state index contributed by atoms with van der Waals surface area (Å²) in [7, 11) is 0. The van der Waals surface area contributed by atoms with Gasteiger partial charge < -0.3 is 10.6 Å². The Morgan fingerprint density at radius 1 is 1.00 bits per heavy atom. The van der Waals surface area contributed by atoms with Crippen LogP contribution in [0.15, 0.2) is 60.7 Å². The molecule has 5 nitrogen and oxygen atoms in total. The first kappa shape index (κ1) is 17.4. The van der Waals surface area contributed by atoms with Gasteiger partial charge >= 0.3 is 0 Å². The first-order valence-electron chi connectivity index (χ1n) is 8.74. The second-order valence-electron chi connectivity index (χ2n) is 5.92. The molecule has 0 bridgehead atoms. The number of anilines is 3. The average Bonchev–Trinajstić information content (AvgIpc) is 2.69. The standard InChI is InChI=1S/C21H21N5/c1-2-3-13-23-20-14-19(17-7-5-4-6-8-17)25-21(26-20)24-18-11-9-16(15-22)10-12-18/h4-12,14H,2-3,13H2,1H3,(H2,23,24,25,26). The van der Waals surface area contributed by atoms with Crippen molar-refractivity contribution in [3.8, 4) is 17.3 Å². The van der Waals surface area contributed by atoms with Gasteiger partial charge in [-0.2, -0.15) is 10.2 Å². The largest absolute Gasteiger partial charge is 0.370 e. The molecule has 3 aromatic rings. The van der Waals surface area contributed by atoms with Crippen LogP contribution in [0.2, 0.25) is 0 Å². The third kappa shape index (κ3) is 4.58. The molecule has 2 aromatic carbocycles. The molecule has 5 heteroatoms. The van der Waals surface area contributed by atoms with E-state index in [9.17, 15) is 0 Å². The zero-order chi connectivity index (χ0) is 18.2. The van der Waals surface area contributed by atoms with E-state index in [1.807, 2.05) is 48.5 Å². The second-order valence-corrected chi connectivity index (χ2v) is 5.92. The molecule has 130 valence electrons. The van der Waals surface area contributed by atoms with Crippen LogP contribution in [0.25, 0.3) is 11.3 Å². The van der Waals surface area contributed by atoms with E-state index < -0.39 is 0 Å². The molecule has 0 aliphatic carbocycles. The van der Waals surface area contributed by atoms with Crippen molar-refractivity contribution in [2.24, 2.45) is 0 Å². The van der Waals surface area contributed by atoms with Crippen LogP contribution in [0.1, 0.15) is 25.3 Å². The summed E-state index contributed by atoms with van der Waals surface area (Å²) in [6.07, 6.45) is 2.21. The van der Waals surface area contributed by atoms with Crippen molar-refractivity contribution in [3.05, 3.63) is 66.2 Å². The van der Waals surface area contributed by atoms with Crippen molar-refractivity contribution in [1.29, 1.82) is 5.26 Å². The molecular formula is C21H21N5. The van der Waals surface area contributed by atoms with Crippen LogP contribution in [0.4, 0.5) is 17.5 Å². The van der Waals surface area contributed by atoms with Gasteiger partial charge in [0, 0.05) is 23.9 Å². The fourth-order valence-electron chi connectivity index (χ4n) is 2.50. The van der Waals surface area contributed by atoms with E-state index in [1.165, 1.54) is 0 Å². The molecule has 3 rings (SSSR count). The van der Waals surface area contributed by atoms with Gasteiger partial charge in [-0.3, -0.25) is 0 Å². The summed E-state index contributed by atoms with van der Waals surface area (Å²) in [5.41, 5.74) is 3.36. The number of unbranched alkanes of at least 4 members (excludes halogenated alkanes) is 1. The Balaban J connectivity index is 1.89. The molecule has 1 aromatic heterocycles. The minimum atomic E-state index is 0.523. The van der Waals surface area contributed by atoms with E-state index in [0.29, 0.717) is 11.5 Å². The number of benzene rings is 2. The normalized spacial score (nSPS) is 10.2. The Bertz CT molecular complexity index is 883. The van der Waals surface area contributed by atoms with E-state index in [1.54, 1.807) is 12.1 Å². The van der Waals surface area contributed by atoms with E-state index in [0.717, 1.165) is 42.1 Å². The molecule has 1 heterocycles. The minimum Gasteiger partial charge on any atom is -0.370 e. The van der Waals surface area contributed by atoms with Crippen LogP contribution in [-0.2, 0) is 0 Å². The predicted octanol–water partition coefficient (Wildman–Crippen LogP) is 4.97. The van der Waals surface area contributed by atoms with E-state index in [-0.39, 0.29) is 0 Å². The van der Waals surface area contributed by atoms with Crippen molar-refractivity contribution in [2.45, 2.75) is 19.8 Å². The first-order chi connectivity index (χ1) is 12.8. The maximum Gasteiger partial charge on any atom is 0.229 e. The molecular weight excluding hydrogens is 322 g/mol. The molecule has 26 heavy (non-hydrogen) atoms. The molecule has 0 aliphatic heterocycles. The van der Waals surface area contributed by atoms with Crippen LogP contribution >= 0.6 is 0 Å². The number of hydrogen-bond donors (Lipinski definition) is 2. The molecule has 0 unspecified atom stereocenters. The number of rotatable bonds is 7. The van der Waals surface area contributed by atoms with Crippen molar-refractivity contribution in [1.82, 2.24) is 9.97 Å². The van der Waals surface area contributed by atoms with Crippen molar-refractivity contribution < 1.29 is 0 Å². The van der Waals surface area contributed by atoms with Crippen LogP contribution in [0.3, 0.4) is 0 Å². The maximum atomic E-state index is 8.92. The summed E-state index contributed by atoms with van der Waals surface area (Å²) in [5.74, 6) is 1.32. The van der Waals surface area contributed by atoms with E-state index in [4.69, 9.17) is 5.26 Å². The highest BCUT2D eigenvalue weighted by Crippen LogP contribution is 2.23. The fraction of sp³-hybridized carbons (Fsp3) is 0.190. The zero-order valence-corrected chi connectivity index (χ0v) is 14.7. The van der Waals surface area contributed by atoms with E-state index >= 15 is 0 Å². The lowest BCUT2D eigenvalue weighted by Gasteiger charge is -2.11. The first-order valence-corrected chi connectivity index (χ1v) is 8.74. The number of aromatic nitrogens is 2. The summed E-state index contributed by atoms with van der Waals surface area (Å²) in [6, 6.07) is 21.4. The molecule has 0 atom stereocenters. The third-order valence-corrected chi connectivity index (χ3v) is 3.90. The lowest BCUT2D eigenvalue weighted by atomic mass is 10.1. The summed E-state index contributed by atoms with van der Waals surface area (Å²) < 4.78 is 0. The topological polar surface area (TPSA) is 73.6 Å². The quantitative estimate of drug-likeness (QED) is 0.592. The Hall–Kier alpha value is -3.39. The highest BCUT2D eigenvalue weighted by Gasteiger charge is 2.07. The Morgan fingerprint density at radius 3 is 2.46 bits per heavy atom. The smallest absolute Gasteiger partial charge is 0.229 e. The predicted molar refractivity (Wildman–Crippen MR) is 105 cm³/mol. The van der Waals surface area contributed by atoms with Crippen LogP contribution < -0.4 is 10.6 Å². The molecule has 0 saturated carbocycles. The zero-order valence-electron chi connectivity index (χ0n) is 14.7. The van der Waals surface area contributed by atoms with Gasteiger partial charge in [-0.15, -0.1) is 0 Å². The average molecular weight is 343 g/mol. The molecule has 0 radical (unpaired) electrons. The van der Waals surface area contributed by atoms with Gasteiger partial charge in [-0.1, -0.05) is 43.7 Å². The number of nitrogens with one attached hydrogen (secondary N) is 2. The monoisotopic (exact) mass is 343 g/mol. The number of hydrogen-bond acceptors (Lipinski definition) is 5. The van der Waals surface area contributed by atoms with Gasteiger partial charge in [0.25, 0.3) is 0 Å². The number of nitrogens with zero attached hydrogens (tertiary/aromatic N) is 3. The summed E-state index contributed by atoms with van der Waals surface area (Å²) >= 11 is 0. The lowest BCUT2D eigenvalue weighted by molar-refractivity contribution is 0.830. The van der Waals surface area contributed by atoms with Crippen molar-refractivity contribution in [3.63, 3.8) is 0 Å². The van der Waals surface area contributed by atoms with Gasteiger partial charge in [-0.25, -0.2) is 4.98 Å². The van der Waals surface area contributed by atoms with Crippen molar-refractivity contribution >= 4 is 17.5 Å². The lowest BCUT2D eigenvalue weighted by Crippen LogP contribution is -2.06. The van der Waals surface area contributed by atoms with Gasteiger partial charge in [0.1, 0.15) is 5.82 Å². The Kier molecular flexibility index (Phi) is 5.79. The van der Waals surface area contributed by atoms with Crippen molar-refractivity contribution in [2.75, 3.05) is 17.2 Å². The molecule has 0 amide bonds. The van der Waals surface area contributed by atoms with Crippen LogP contribution in [0.5, 0.6) is 0 Å². The van der Waals surface area contributed by atoms with Crippen LogP contribution in [-0.4, -0.2) is 16.5 Å². The fourth-order valence-corrected chi connectivity index (χ4v) is 2.50. The molecule has 0 aliphatic rings. The maximum absolute atomic E-state index is 8.92. The second kappa shape index (κ2) is 8.63. The molecule has 0 fully saturated rings. The van der Waals surface area contributed by atoms with E-state index in [2.05, 4.69) is 33.6 Å².